The average molecular weight is 399 g/mol. The van der Waals surface area contributed by atoms with Gasteiger partial charge in [-0.2, -0.15) is 0 Å². The van der Waals surface area contributed by atoms with Crippen molar-refractivity contribution >= 4 is 28.8 Å². The average Bonchev–Trinajstić information content (AvgIpc) is 3.20. The monoisotopic (exact) mass is 398 g/mol. The van der Waals surface area contributed by atoms with Gasteiger partial charge >= 0.3 is 0 Å². The van der Waals surface area contributed by atoms with Crippen LogP contribution < -0.4 is 5.32 Å². The summed E-state index contributed by atoms with van der Waals surface area (Å²) in [7, 11) is 0. The van der Waals surface area contributed by atoms with E-state index >= 15 is 0 Å². The number of likely N-dealkylation sites (tertiary alicyclic amines) is 1. The molecule has 1 fully saturated rings. The maximum Gasteiger partial charge on any atom is 0.224 e. The van der Waals surface area contributed by atoms with Crippen molar-refractivity contribution in [1.82, 2.24) is 4.90 Å². The lowest BCUT2D eigenvalue weighted by atomic mass is 9.92. The van der Waals surface area contributed by atoms with Crippen LogP contribution in [0.3, 0.4) is 0 Å². The first kappa shape index (κ1) is 20.6. The first-order valence-electron chi connectivity index (χ1n) is 10.3. The Morgan fingerprint density at radius 1 is 1.14 bits per heavy atom. The second kappa shape index (κ2) is 10.4. The number of nitrogens with one attached hydrogen (secondary N) is 1. The summed E-state index contributed by atoms with van der Waals surface area (Å²) in [5.41, 5.74) is 2.01. The minimum atomic E-state index is 0.0812. The predicted molar refractivity (Wildman–Crippen MR) is 116 cm³/mol. The Morgan fingerprint density at radius 3 is 2.68 bits per heavy atom. The number of piperidine rings is 1. The standard InChI is InChI=1S/C23H30N2O2S/c1-18-5-2-6-20(17-18)24-22(26)11-10-19-12-14-25(15-13-19)23(27)9-3-7-21-8-4-16-28-21/h2,4-6,8,16-17,19H,3,7,9-15H2,1H3,(H,24,26). The number of amides is 2. The second-order valence-electron chi connectivity index (χ2n) is 7.71. The predicted octanol–water partition coefficient (Wildman–Crippen LogP) is 5.04. The SMILES string of the molecule is Cc1cccc(NC(=O)CCC2CCN(C(=O)CCCc3cccs3)CC2)c1. The number of aryl methyl sites for hydroxylation is 2. The smallest absolute Gasteiger partial charge is 0.224 e. The number of thiophene rings is 1. The van der Waals surface area contributed by atoms with Crippen LogP contribution in [0, 0.1) is 12.8 Å². The molecule has 4 nitrogen and oxygen atoms in total. The van der Waals surface area contributed by atoms with E-state index in [2.05, 4.69) is 22.8 Å². The van der Waals surface area contributed by atoms with Gasteiger partial charge in [-0.3, -0.25) is 9.59 Å². The van der Waals surface area contributed by atoms with Gasteiger partial charge in [0.2, 0.25) is 11.8 Å². The lowest BCUT2D eigenvalue weighted by Gasteiger charge is -2.32. The first-order valence-corrected chi connectivity index (χ1v) is 11.1. The van der Waals surface area contributed by atoms with Crippen LogP contribution in [0.1, 0.15) is 49.0 Å². The molecule has 28 heavy (non-hydrogen) atoms. The molecule has 0 atom stereocenters. The zero-order chi connectivity index (χ0) is 19.8. The van der Waals surface area contributed by atoms with Gasteiger partial charge in [0.25, 0.3) is 0 Å². The Kier molecular flexibility index (Phi) is 7.66. The highest BCUT2D eigenvalue weighted by molar-refractivity contribution is 7.09. The summed E-state index contributed by atoms with van der Waals surface area (Å²) in [5, 5.41) is 5.07. The van der Waals surface area contributed by atoms with E-state index < -0.39 is 0 Å². The molecule has 1 aliphatic heterocycles. The van der Waals surface area contributed by atoms with Gasteiger partial charge in [0.15, 0.2) is 0 Å². The van der Waals surface area contributed by atoms with Crippen LogP contribution in [0.4, 0.5) is 5.69 Å². The normalized spacial score (nSPS) is 14.8. The molecule has 0 aliphatic carbocycles. The Hall–Kier alpha value is -2.14. The Bertz CT molecular complexity index is 765. The minimum absolute atomic E-state index is 0.0812. The molecule has 0 saturated carbocycles. The number of carbonyl (C=O) groups excluding carboxylic acids is 2. The topological polar surface area (TPSA) is 49.4 Å². The molecule has 1 aromatic heterocycles. The van der Waals surface area contributed by atoms with Gasteiger partial charge in [-0.15, -0.1) is 11.3 Å². The van der Waals surface area contributed by atoms with E-state index in [-0.39, 0.29) is 11.8 Å². The fraction of sp³-hybridized carbons (Fsp3) is 0.478. The van der Waals surface area contributed by atoms with E-state index in [0.29, 0.717) is 18.8 Å². The fourth-order valence-electron chi connectivity index (χ4n) is 3.78. The second-order valence-corrected chi connectivity index (χ2v) is 8.75. The van der Waals surface area contributed by atoms with Gasteiger partial charge in [0.05, 0.1) is 0 Å². The number of anilines is 1. The molecule has 2 heterocycles. The lowest BCUT2D eigenvalue weighted by Crippen LogP contribution is -2.38. The minimum Gasteiger partial charge on any atom is -0.343 e. The third-order valence-corrected chi connectivity index (χ3v) is 6.38. The highest BCUT2D eigenvalue weighted by Crippen LogP contribution is 2.23. The zero-order valence-electron chi connectivity index (χ0n) is 16.7. The number of rotatable bonds is 8. The third kappa shape index (κ3) is 6.48. The van der Waals surface area contributed by atoms with Crippen LogP contribution in [0.5, 0.6) is 0 Å². The summed E-state index contributed by atoms with van der Waals surface area (Å²) in [6.07, 6.45) is 6.03. The van der Waals surface area contributed by atoms with Gasteiger partial charge in [0.1, 0.15) is 0 Å². The fourth-order valence-corrected chi connectivity index (χ4v) is 4.53. The van der Waals surface area contributed by atoms with Crippen LogP contribution in [0.2, 0.25) is 0 Å². The number of benzene rings is 1. The van der Waals surface area contributed by atoms with Gasteiger partial charge in [-0.1, -0.05) is 18.2 Å². The molecule has 0 radical (unpaired) electrons. The molecular formula is C23H30N2O2S. The van der Waals surface area contributed by atoms with Crippen molar-refractivity contribution in [2.24, 2.45) is 5.92 Å². The van der Waals surface area contributed by atoms with Crippen molar-refractivity contribution in [3.05, 3.63) is 52.2 Å². The molecule has 0 bridgehead atoms. The van der Waals surface area contributed by atoms with Crippen molar-refractivity contribution in [2.45, 2.75) is 51.9 Å². The van der Waals surface area contributed by atoms with Crippen molar-refractivity contribution in [1.29, 1.82) is 0 Å². The maximum atomic E-state index is 12.4. The molecule has 5 heteroatoms. The van der Waals surface area contributed by atoms with Gasteiger partial charge in [-0.25, -0.2) is 0 Å². The summed E-state index contributed by atoms with van der Waals surface area (Å²) < 4.78 is 0. The molecule has 1 N–H and O–H groups in total. The number of carbonyl (C=O) groups is 2. The van der Waals surface area contributed by atoms with Crippen LogP contribution in [0.25, 0.3) is 0 Å². The van der Waals surface area contributed by atoms with Gasteiger partial charge < -0.3 is 10.2 Å². The van der Waals surface area contributed by atoms with Crippen molar-refractivity contribution < 1.29 is 9.59 Å². The van der Waals surface area contributed by atoms with Crippen molar-refractivity contribution in [3.8, 4) is 0 Å². The summed E-state index contributed by atoms with van der Waals surface area (Å²) >= 11 is 1.76. The molecule has 2 amide bonds. The Balaban J connectivity index is 1.31. The highest BCUT2D eigenvalue weighted by atomic mass is 32.1. The first-order chi connectivity index (χ1) is 13.6. The molecule has 0 spiro atoms. The van der Waals surface area contributed by atoms with E-state index in [4.69, 9.17) is 0 Å². The molecule has 3 rings (SSSR count). The van der Waals surface area contributed by atoms with Crippen LogP contribution in [0.15, 0.2) is 41.8 Å². The number of hydrogen-bond acceptors (Lipinski definition) is 3. The molecule has 150 valence electrons. The molecule has 1 aromatic carbocycles. The molecular weight excluding hydrogens is 368 g/mol. The quantitative estimate of drug-likeness (QED) is 0.677. The summed E-state index contributed by atoms with van der Waals surface area (Å²) in [4.78, 5) is 27.9. The van der Waals surface area contributed by atoms with Crippen molar-refractivity contribution in [3.63, 3.8) is 0 Å². The van der Waals surface area contributed by atoms with E-state index in [1.54, 1.807) is 11.3 Å². The van der Waals surface area contributed by atoms with Crippen LogP contribution >= 0.6 is 11.3 Å². The zero-order valence-corrected chi connectivity index (χ0v) is 17.5. The summed E-state index contributed by atoms with van der Waals surface area (Å²) in [6.45, 7) is 3.69. The van der Waals surface area contributed by atoms with E-state index in [1.807, 2.05) is 36.1 Å². The largest absolute Gasteiger partial charge is 0.343 e. The Morgan fingerprint density at radius 2 is 1.96 bits per heavy atom. The van der Waals surface area contributed by atoms with Gasteiger partial charge in [0, 0.05) is 36.5 Å². The summed E-state index contributed by atoms with van der Waals surface area (Å²) in [6, 6.07) is 12.1. The molecule has 0 unspecified atom stereocenters. The van der Waals surface area contributed by atoms with E-state index in [9.17, 15) is 9.59 Å². The molecule has 1 saturated heterocycles. The van der Waals surface area contributed by atoms with E-state index in [1.165, 1.54) is 4.88 Å². The van der Waals surface area contributed by atoms with Crippen molar-refractivity contribution in [2.75, 3.05) is 18.4 Å². The van der Waals surface area contributed by atoms with Gasteiger partial charge in [-0.05, 0) is 74.1 Å². The van der Waals surface area contributed by atoms with E-state index in [0.717, 1.165) is 56.4 Å². The highest BCUT2D eigenvalue weighted by Gasteiger charge is 2.23. The third-order valence-electron chi connectivity index (χ3n) is 5.44. The molecule has 1 aliphatic rings. The Labute approximate surface area is 172 Å². The van der Waals surface area contributed by atoms with Crippen LogP contribution in [-0.2, 0) is 16.0 Å². The number of nitrogens with zero attached hydrogens (tertiary/aromatic N) is 1. The number of hydrogen-bond donors (Lipinski definition) is 1. The lowest BCUT2D eigenvalue weighted by molar-refractivity contribution is -0.132. The molecule has 2 aromatic rings. The van der Waals surface area contributed by atoms with Crippen LogP contribution in [-0.4, -0.2) is 29.8 Å². The summed E-state index contributed by atoms with van der Waals surface area (Å²) in [5.74, 6) is 0.906. The maximum absolute atomic E-state index is 12.4.